The molecule has 0 aromatic heterocycles. The highest BCUT2D eigenvalue weighted by atomic mass is 19.2. The van der Waals surface area contributed by atoms with E-state index in [2.05, 4.69) is 0 Å². The Morgan fingerprint density at radius 3 is 1.67 bits per heavy atom. The van der Waals surface area contributed by atoms with E-state index >= 15 is 0 Å². The van der Waals surface area contributed by atoms with E-state index in [1.165, 1.54) is 12.1 Å². The molecular formula is C14H8F6O. The summed E-state index contributed by atoms with van der Waals surface area (Å²) in [7, 11) is 0. The minimum absolute atomic E-state index is 0.617. The molecule has 7 heteroatoms. The van der Waals surface area contributed by atoms with Crippen LogP contribution in [0.15, 0.2) is 24.3 Å². The van der Waals surface area contributed by atoms with E-state index < -0.39 is 51.6 Å². The maximum atomic E-state index is 13.7. The summed E-state index contributed by atoms with van der Waals surface area (Å²) in [6.45, 7) is 0.740. The Bertz CT molecular complexity index is 682. The van der Waals surface area contributed by atoms with Gasteiger partial charge in [-0.3, -0.25) is 0 Å². The van der Waals surface area contributed by atoms with Gasteiger partial charge >= 0.3 is 0 Å². The predicted octanol–water partition coefficient (Wildman–Crippen LogP) is 3.78. The van der Waals surface area contributed by atoms with Gasteiger partial charge in [0, 0.05) is 5.56 Å². The molecule has 21 heavy (non-hydrogen) atoms. The highest BCUT2D eigenvalue weighted by molar-refractivity contribution is 5.38. The Morgan fingerprint density at radius 1 is 0.762 bits per heavy atom. The normalized spacial score (nSPS) is 14.1. The molecule has 0 spiro atoms. The van der Waals surface area contributed by atoms with Crippen molar-refractivity contribution >= 4 is 0 Å². The average molecular weight is 306 g/mol. The first-order chi connectivity index (χ1) is 9.69. The lowest BCUT2D eigenvalue weighted by Crippen LogP contribution is -2.29. The molecule has 0 fully saturated rings. The monoisotopic (exact) mass is 306 g/mol. The van der Waals surface area contributed by atoms with Crippen LogP contribution in [0.2, 0.25) is 0 Å². The van der Waals surface area contributed by atoms with Gasteiger partial charge in [0.1, 0.15) is 11.4 Å². The van der Waals surface area contributed by atoms with E-state index in [4.69, 9.17) is 0 Å². The molecule has 112 valence electrons. The molecule has 0 aliphatic carbocycles. The summed E-state index contributed by atoms with van der Waals surface area (Å²) in [5, 5.41) is 10.2. The zero-order valence-electron chi connectivity index (χ0n) is 10.5. The van der Waals surface area contributed by atoms with E-state index in [1.807, 2.05) is 0 Å². The van der Waals surface area contributed by atoms with Crippen LogP contribution in [0.4, 0.5) is 26.3 Å². The van der Waals surface area contributed by atoms with Crippen molar-refractivity contribution in [1.29, 1.82) is 0 Å². The van der Waals surface area contributed by atoms with Crippen LogP contribution in [-0.4, -0.2) is 5.11 Å². The van der Waals surface area contributed by atoms with Crippen molar-refractivity contribution in [3.8, 4) is 0 Å². The van der Waals surface area contributed by atoms with Gasteiger partial charge < -0.3 is 5.11 Å². The molecule has 0 aliphatic heterocycles. The van der Waals surface area contributed by atoms with Crippen molar-refractivity contribution in [3.05, 3.63) is 70.3 Å². The van der Waals surface area contributed by atoms with E-state index in [9.17, 15) is 31.4 Å². The molecule has 2 aromatic carbocycles. The average Bonchev–Trinajstić information content (AvgIpc) is 2.43. The van der Waals surface area contributed by atoms with E-state index in [0.29, 0.717) is 0 Å². The standard InChI is InChI=1S/C14H8F6O/c1-14(21,6-4-2-3-5-7(6)15)8-9(16)11(18)13(20)12(19)10(8)17/h2-5,21H,1H3. The molecule has 0 aliphatic rings. The van der Waals surface area contributed by atoms with E-state index in [-0.39, 0.29) is 0 Å². The van der Waals surface area contributed by atoms with Gasteiger partial charge in [-0.2, -0.15) is 0 Å². The minimum atomic E-state index is -2.74. The molecule has 0 amide bonds. The molecule has 2 rings (SSSR count). The second-order valence-corrected chi connectivity index (χ2v) is 4.50. The Kier molecular flexibility index (Phi) is 3.71. The number of aliphatic hydroxyl groups is 1. The molecule has 1 unspecified atom stereocenters. The predicted molar refractivity (Wildman–Crippen MR) is 61.3 cm³/mol. The third-order valence-corrected chi connectivity index (χ3v) is 3.09. The van der Waals surface area contributed by atoms with Crippen molar-refractivity contribution < 1.29 is 31.4 Å². The summed E-state index contributed by atoms with van der Waals surface area (Å²) >= 11 is 0. The van der Waals surface area contributed by atoms with Gasteiger partial charge in [0.15, 0.2) is 23.3 Å². The molecule has 0 saturated heterocycles. The van der Waals surface area contributed by atoms with Crippen molar-refractivity contribution in [2.45, 2.75) is 12.5 Å². The molecule has 0 bridgehead atoms. The molecule has 0 heterocycles. The maximum absolute atomic E-state index is 13.7. The van der Waals surface area contributed by atoms with Crippen LogP contribution in [0, 0.1) is 34.9 Å². The summed E-state index contributed by atoms with van der Waals surface area (Å²) in [5.41, 5.74) is -4.87. The number of hydrogen-bond donors (Lipinski definition) is 1. The zero-order valence-corrected chi connectivity index (χ0v) is 10.5. The smallest absolute Gasteiger partial charge is 0.200 e. The van der Waals surface area contributed by atoms with Crippen LogP contribution in [-0.2, 0) is 5.60 Å². The lowest BCUT2D eigenvalue weighted by Gasteiger charge is -2.26. The Morgan fingerprint density at radius 2 is 1.19 bits per heavy atom. The van der Waals surface area contributed by atoms with Gasteiger partial charge in [0.05, 0.1) is 5.56 Å². The van der Waals surface area contributed by atoms with Crippen LogP contribution < -0.4 is 0 Å². The number of hydrogen-bond acceptors (Lipinski definition) is 1. The third kappa shape index (κ3) is 2.27. The summed E-state index contributed by atoms with van der Waals surface area (Å²) in [6, 6.07) is 4.36. The SMILES string of the molecule is CC(O)(c1ccccc1F)c1c(F)c(F)c(F)c(F)c1F. The summed E-state index contributed by atoms with van der Waals surface area (Å²) in [6.07, 6.45) is 0. The van der Waals surface area contributed by atoms with Crippen molar-refractivity contribution in [2.24, 2.45) is 0 Å². The first-order valence-electron chi connectivity index (χ1n) is 5.68. The Hall–Kier alpha value is -2.02. The second kappa shape index (κ2) is 5.07. The number of halogens is 6. The van der Waals surface area contributed by atoms with E-state index in [0.717, 1.165) is 19.1 Å². The highest BCUT2D eigenvalue weighted by Crippen LogP contribution is 2.36. The van der Waals surface area contributed by atoms with E-state index in [1.54, 1.807) is 0 Å². The first kappa shape index (κ1) is 15.4. The minimum Gasteiger partial charge on any atom is -0.380 e. The molecule has 0 radical (unpaired) electrons. The van der Waals surface area contributed by atoms with Gasteiger partial charge in [0.25, 0.3) is 0 Å². The van der Waals surface area contributed by atoms with Crippen molar-refractivity contribution in [1.82, 2.24) is 0 Å². The maximum Gasteiger partial charge on any atom is 0.200 e. The topological polar surface area (TPSA) is 20.2 Å². The summed E-state index contributed by atoms with van der Waals surface area (Å²) in [4.78, 5) is 0. The molecule has 0 saturated carbocycles. The molecule has 2 aromatic rings. The van der Waals surface area contributed by atoms with Gasteiger partial charge in [-0.25, -0.2) is 26.3 Å². The fourth-order valence-corrected chi connectivity index (χ4v) is 2.02. The van der Waals surface area contributed by atoms with Gasteiger partial charge in [-0.1, -0.05) is 18.2 Å². The first-order valence-corrected chi connectivity index (χ1v) is 5.68. The van der Waals surface area contributed by atoms with Crippen molar-refractivity contribution in [3.63, 3.8) is 0 Å². The van der Waals surface area contributed by atoms with Gasteiger partial charge in [-0.05, 0) is 13.0 Å². The molecule has 1 nitrogen and oxygen atoms in total. The molecule has 1 N–H and O–H groups in total. The Balaban J connectivity index is 2.80. The largest absolute Gasteiger partial charge is 0.380 e. The van der Waals surface area contributed by atoms with Crippen LogP contribution in [0.1, 0.15) is 18.1 Å². The van der Waals surface area contributed by atoms with Crippen LogP contribution in [0.5, 0.6) is 0 Å². The fourth-order valence-electron chi connectivity index (χ4n) is 2.02. The second-order valence-electron chi connectivity index (χ2n) is 4.50. The van der Waals surface area contributed by atoms with Gasteiger partial charge in [-0.15, -0.1) is 0 Å². The van der Waals surface area contributed by atoms with Crippen molar-refractivity contribution in [2.75, 3.05) is 0 Å². The fraction of sp³-hybridized carbons (Fsp3) is 0.143. The van der Waals surface area contributed by atoms with Crippen LogP contribution in [0.25, 0.3) is 0 Å². The highest BCUT2D eigenvalue weighted by Gasteiger charge is 2.39. The number of rotatable bonds is 2. The Labute approximate surface area is 115 Å². The third-order valence-electron chi connectivity index (χ3n) is 3.09. The lowest BCUT2D eigenvalue weighted by molar-refractivity contribution is 0.0864. The van der Waals surface area contributed by atoms with Crippen LogP contribution in [0.3, 0.4) is 0 Å². The zero-order chi connectivity index (χ0) is 15.9. The lowest BCUT2D eigenvalue weighted by atomic mass is 9.86. The molecule has 1 atom stereocenters. The number of benzene rings is 2. The summed E-state index contributed by atoms with van der Waals surface area (Å²) in [5.74, 6) is -12.2. The van der Waals surface area contributed by atoms with Gasteiger partial charge in [0.2, 0.25) is 5.82 Å². The summed E-state index contributed by atoms with van der Waals surface area (Å²) < 4.78 is 80.4. The van der Waals surface area contributed by atoms with Crippen LogP contribution >= 0.6 is 0 Å². The quantitative estimate of drug-likeness (QED) is 0.508. The molecular weight excluding hydrogens is 298 g/mol.